The van der Waals surface area contributed by atoms with Gasteiger partial charge in [0.15, 0.2) is 0 Å². The van der Waals surface area contributed by atoms with Crippen LogP contribution in [0.25, 0.3) is 0 Å². The Hall–Kier alpha value is -2.96. The molecular formula is C26H28N2O3S. The van der Waals surface area contributed by atoms with Gasteiger partial charge >= 0.3 is 0 Å². The van der Waals surface area contributed by atoms with Crippen LogP contribution < -0.4 is 5.32 Å². The van der Waals surface area contributed by atoms with Crippen molar-refractivity contribution in [1.82, 2.24) is 9.62 Å². The summed E-state index contributed by atoms with van der Waals surface area (Å²) in [4.78, 5) is 13.6. The largest absolute Gasteiger partial charge is 0.341 e. The van der Waals surface area contributed by atoms with Gasteiger partial charge < -0.3 is 5.32 Å². The van der Waals surface area contributed by atoms with Gasteiger partial charge in [0, 0.05) is 18.7 Å². The zero-order valence-corrected chi connectivity index (χ0v) is 19.2. The van der Waals surface area contributed by atoms with Gasteiger partial charge in [-0.2, -0.15) is 4.31 Å². The normalized spacial score (nSPS) is 15.4. The fourth-order valence-corrected chi connectivity index (χ4v) is 5.73. The first-order chi connectivity index (χ1) is 15.4. The lowest BCUT2D eigenvalue weighted by Gasteiger charge is -2.23. The van der Waals surface area contributed by atoms with Gasteiger partial charge in [-0.25, -0.2) is 8.42 Å². The molecule has 1 saturated heterocycles. The number of amides is 1. The van der Waals surface area contributed by atoms with Crippen LogP contribution in [-0.2, 0) is 10.0 Å². The molecule has 3 aromatic rings. The molecule has 1 atom stereocenters. The molecule has 0 spiro atoms. The van der Waals surface area contributed by atoms with Gasteiger partial charge in [-0.3, -0.25) is 4.79 Å². The molecule has 1 heterocycles. The van der Waals surface area contributed by atoms with Crippen LogP contribution >= 0.6 is 0 Å². The number of nitrogens with zero attached hydrogens (tertiary/aromatic N) is 1. The van der Waals surface area contributed by atoms with Crippen molar-refractivity contribution in [3.05, 3.63) is 101 Å². The average Bonchev–Trinajstić information content (AvgIpc) is 3.35. The first kappa shape index (κ1) is 22.2. The minimum Gasteiger partial charge on any atom is -0.341 e. The number of carbonyl (C=O) groups excluding carboxylic acids is 1. The number of nitrogens with one attached hydrogen (secondary N) is 1. The number of carbonyl (C=O) groups is 1. The molecule has 1 fully saturated rings. The van der Waals surface area contributed by atoms with E-state index in [4.69, 9.17) is 0 Å². The highest BCUT2D eigenvalue weighted by atomic mass is 32.2. The maximum absolute atomic E-state index is 13.4. The summed E-state index contributed by atoms with van der Waals surface area (Å²) in [6.45, 7) is 4.90. The lowest BCUT2D eigenvalue weighted by molar-refractivity contribution is 0.0942. The van der Waals surface area contributed by atoms with Crippen molar-refractivity contribution >= 4 is 15.9 Å². The van der Waals surface area contributed by atoms with E-state index in [0.29, 0.717) is 18.7 Å². The molecule has 3 aromatic carbocycles. The third-order valence-corrected chi connectivity index (χ3v) is 7.96. The van der Waals surface area contributed by atoms with E-state index < -0.39 is 10.0 Å². The minimum atomic E-state index is -3.60. The van der Waals surface area contributed by atoms with E-state index in [0.717, 1.165) is 35.1 Å². The lowest BCUT2D eigenvalue weighted by atomic mass is 9.94. The summed E-state index contributed by atoms with van der Waals surface area (Å²) in [5, 5.41) is 3.15. The summed E-state index contributed by atoms with van der Waals surface area (Å²) < 4.78 is 27.5. The van der Waals surface area contributed by atoms with Gasteiger partial charge in [0.2, 0.25) is 10.0 Å². The van der Waals surface area contributed by atoms with Crippen LogP contribution in [0.5, 0.6) is 0 Å². The molecule has 1 N–H and O–H groups in total. The predicted molar refractivity (Wildman–Crippen MR) is 126 cm³/mol. The molecule has 1 aliphatic heterocycles. The van der Waals surface area contributed by atoms with Crippen LogP contribution in [0.2, 0.25) is 0 Å². The van der Waals surface area contributed by atoms with Crippen LogP contribution in [0.4, 0.5) is 0 Å². The maximum atomic E-state index is 13.4. The van der Waals surface area contributed by atoms with E-state index in [-0.39, 0.29) is 16.8 Å². The highest BCUT2D eigenvalue weighted by molar-refractivity contribution is 7.89. The van der Waals surface area contributed by atoms with Crippen molar-refractivity contribution in [2.24, 2.45) is 0 Å². The maximum Gasteiger partial charge on any atom is 0.252 e. The number of sulfonamides is 1. The van der Waals surface area contributed by atoms with Crippen LogP contribution in [-0.4, -0.2) is 31.7 Å². The summed E-state index contributed by atoms with van der Waals surface area (Å²) in [6, 6.07) is 22.2. The lowest BCUT2D eigenvalue weighted by Crippen LogP contribution is -2.31. The number of hydrogen-bond donors (Lipinski definition) is 1. The molecule has 5 nitrogen and oxygen atoms in total. The molecule has 6 heteroatoms. The highest BCUT2D eigenvalue weighted by Gasteiger charge is 2.28. The Morgan fingerprint density at radius 1 is 0.875 bits per heavy atom. The van der Waals surface area contributed by atoms with Crippen LogP contribution in [0.15, 0.2) is 77.7 Å². The van der Waals surface area contributed by atoms with Gasteiger partial charge in [-0.15, -0.1) is 0 Å². The van der Waals surface area contributed by atoms with Gasteiger partial charge in [-0.05, 0) is 61.1 Å². The van der Waals surface area contributed by atoms with Gasteiger partial charge in [0.05, 0.1) is 10.9 Å². The quantitative estimate of drug-likeness (QED) is 0.599. The third-order valence-electron chi connectivity index (χ3n) is 6.06. The molecule has 0 bridgehead atoms. The minimum absolute atomic E-state index is 0.169. The molecule has 166 valence electrons. The number of hydrogen-bond acceptors (Lipinski definition) is 3. The molecular weight excluding hydrogens is 420 g/mol. The second kappa shape index (κ2) is 9.27. The molecule has 0 radical (unpaired) electrons. The monoisotopic (exact) mass is 448 g/mol. The van der Waals surface area contributed by atoms with Gasteiger partial charge in [-0.1, -0.05) is 60.7 Å². The van der Waals surface area contributed by atoms with E-state index in [2.05, 4.69) is 5.32 Å². The first-order valence-corrected chi connectivity index (χ1v) is 12.3. The van der Waals surface area contributed by atoms with Gasteiger partial charge in [0.1, 0.15) is 0 Å². The van der Waals surface area contributed by atoms with Crippen molar-refractivity contribution in [3.8, 4) is 0 Å². The van der Waals surface area contributed by atoms with E-state index >= 15 is 0 Å². The van der Waals surface area contributed by atoms with Gasteiger partial charge in [0.25, 0.3) is 5.91 Å². The first-order valence-electron chi connectivity index (χ1n) is 10.9. The fraction of sp³-hybridized carbons (Fsp3) is 0.269. The Morgan fingerprint density at radius 2 is 1.53 bits per heavy atom. The molecule has 0 unspecified atom stereocenters. The Balaban J connectivity index is 1.69. The molecule has 1 aliphatic rings. The molecule has 1 amide bonds. The zero-order valence-electron chi connectivity index (χ0n) is 18.4. The van der Waals surface area contributed by atoms with Crippen molar-refractivity contribution < 1.29 is 13.2 Å². The smallest absolute Gasteiger partial charge is 0.252 e. The SMILES string of the molecule is Cc1ccc(S(=O)(=O)N2CCCC2)cc1C(=O)N[C@H](c1ccccc1)c1ccccc1C. The second-order valence-electron chi connectivity index (χ2n) is 8.26. The Bertz CT molecular complexity index is 1220. The molecule has 0 aliphatic carbocycles. The van der Waals surface area contributed by atoms with E-state index in [1.165, 1.54) is 10.4 Å². The average molecular weight is 449 g/mol. The van der Waals surface area contributed by atoms with Crippen molar-refractivity contribution in [1.29, 1.82) is 0 Å². The summed E-state index contributed by atoms with van der Waals surface area (Å²) in [5.41, 5.74) is 4.15. The Kier molecular flexibility index (Phi) is 6.44. The van der Waals surface area contributed by atoms with Crippen LogP contribution in [0, 0.1) is 13.8 Å². The van der Waals surface area contributed by atoms with Crippen LogP contribution in [0.1, 0.15) is 51.5 Å². The van der Waals surface area contributed by atoms with Crippen molar-refractivity contribution in [2.75, 3.05) is 13.1 Å². The number of aryl methyl sites for hydroxylation is 2. The summed E-state index contributed by atoms with van der Waals surface area (Å²) in [5.74, 6) is -0.293. The zero-order chi connectivity index (χ0) is 22.7. The number of rotatable bonds is 6. The molecule has 32 heavy (non-hydrogen) atoms. The standard InChI is InChI=1S/C26H28N2O3S/c1-19-10-6-7-13-23(19)25(21-11-4-3-5-12-21)27-26(29)24-18-22(15-14-20(24)2)32(30,31)28-16-8-9-17-28/h3-7,10-15,18,25H,8-9,16-17H2,1-2H3,(H,27,29)/t25-/m1/s1. The fourth-order valence-electron chi connectivity index (χ4n) is 4.19. The predicted octanol–water partition coefficient (Wildman–Crippen LogP) is 4.61. The Labute approximate surface area is 190 Å². The molecule has 0 saturated carbocycles. The summed E-state index contributed by atoms with van der Waals surface area (Å²) in [7, 11) is -3.60. The van der Waals surface area contributed by atoms with Crippen molar-refractivity contribution in [3.63, 3.8) is 0 Å². The second-order valence-corrected chi connectivity index (χ2v) is 10.2. The topological polar surface area (TPSA) is 66.5 Å². The molecule has 4 rings (SSSR count). The molecule has 0 aromatic heterocycles. The van der Waals surface area contributed by atoms with E-state index in [1.807, 2.05) is 68.4 Å². The highest BCUT2D eigenvalue weighted by Crippen LogP contribution is 2.27. The third kappa shape index (κ3) is 4.47. The van der Waals surface area contributed by atoms with Crippen LogP contribution in [0.3, 0.4) is 0 Å². The summed E-state index contributed by atoms with van der Waals surface area (Å²) in [6.07, 6.45) is 1.74. The van der Waals surface area contributed by atoms with Crippen molar-refractivity contribution in [2.45, 2.75) is 37.6 Å². The van der Waals surface area contributed by atoms with E-state index in [9.17, 15) is 13.2 Å². The number of benzene rings is 3. The van der Waals surface area contributed by atoms with E-state index in [1.54, 1.807) is 12.1 Å². The Morgan fingerprint density at radius 3 is 2.22 bits per heavy atom. The summed E-state index contributed by atoms with van der Waals surface area (Å²) >= 11 is 0.